The van der Waals surface area contributed by atoms with Crippen LogP contribution in [0.15, 0.2) is 59.8 Å². The van der Waals surface area contributed by atoms with Crippen LogP contribution in [0.2, 0.25) is 0 Å². The van der Waals surface area contributed by atoms with E-state index in [1.807, 2.05) is 0 Å². The molecule has 2 aliphatic rings. The van der Waals surface area contributed by atoms with Crippen molar-refractivity contribution in [1.29, 1.82) is 0 Å². The number of fused-ring (bicyclic) bond motifs is 1. The van der Waals surface area contributed by atoms with Crippen molar-refractivity contribution in [3.8, 4) is 0 Å². The van der Waals surface area contributed by atoms with Gasteiger partial charge in [0.2, 0.25) is 5.91 Å². The molecule has 0 radical (unpaired) electrons. The molecule has 5 rings (SSSR count). The van der Waals surface area contributed by atoms with Gasteiger partial charge in [0.1, 0.15) is 6.04 Å². The van der Waals surface area contributed by atoms with E-state index in [-0.39, 0.29) is 10.3 Å². The molecule has 2 aromatic heterocycles. The largest absolute Gasteiger partial charge is 0.465 e. The standard InChI is InChI=1S/C26H30N4O5S/c1-18(28-24(31)23-15-26(11-6-3-7-12-26)17-29(23)25(32)33)22-14-19-16-27-13-10-21(19)30(22)36(34,35)20-8-4-2-5-9-20/h2,4-5,8-10,13-14,16,18,23H,3,6-7,11-12,15,17H2,1H3,(H,28,31)(H,32,33)/t18-,23?/m1/s1. The molecule has 3 heterocycles. The molecule has 10 heteroatoms. The maximum Gasteiger partial charge on any atom is 0.407 e. The molecule has 1 unspecified atom stereocenters. The Kier molecular flexibility index (Phi) is 6.23. The van der Waals surface area contributed by atoms with E-state index in [9.17, 15) is 23.1 Å². The van der Waals surface area contributed by atoms with Gasteiger partial charge in [-0.2, -0.15) is 0 Å². The van der Waals surface area contributed by atoms with Crippen molar-refractivity contribution < 1.29 is 23.1 Å². The molecule has 190 valence electrons. The Labute approximate surface area is 210 Å². The molecule has 1 aliphatic heterocycles. The zero-order chi connectivity index (χ0) is 25.5. The second kappa shape index (κ2) is 9.24. The van der Waals surface area contributed by atoms with E-state index in [1.54, 1.807) is 43.5 Å². The summed E-state index contributed by atoms with van der Waals surface area (Å²) >= 11 is 0. The average Bonchev–Trinajstić information content (AvgIpc) is 3.45. The van der Waals surface area contributed by atoms with Gasteiger partial charge in [-0.15, -0.1) is 0 Å². The van der Waals surface area contributed by atoms with Crippen LogP contribution in [0, 0.1) is 5.41 Å². The normalized spacial score (nSPS) is 20.5. The smallest absolute Gasteiger partial charge is 0.407 e. The van der Waals surface area contributed by atoms with Gasteiger partial charge < -0.3 is 10.4 Å². The summed E-state index contributed by atoms with van der Waals surface area (Å²) in [6, 6.07) is 9.97. The van der Waals surface area contributed by atoms with Crippen molar-refractivity contribution >= 4 is 32.9 Å². The zero-order valence-electron chi connectivity index (χ0n) is 20.1. The summed E-state index contributed by atoms with van der Waals surface area (Å²) in [5.41, 5.74) is 0.681. The fourth-order valence-corrected chi connectivity index (χ4v) is 7.48. The molecule has 1 spiro atoms. The molecule has 1 saturated heterocycles. The molecule has 1 aromatic carbocycles. The van der Waals surface area contributed by atoms with Crippen LogP contribution in [-0.4, -0.2) is 52.0 Å². The van der Waals surface area contributed by atoms with E-state index >= 15 is 0 Å². The van der Waals surface area contributed by atoms with Crippen LogP contribution in [0.3, 0.4) is 0 Å². The van der Waals surface area contributed by atoms with Gasteiger partial charge in [0.15, 0.2) is 0 Å². The molecule has 36 heavy (non-hydrogen) atoms. The molecule has 0 bridgehead atoms. The van der Waals surface area contributed by atoms with Crippen LogP contribution >= 0.6 is 0 Å². The second-order valence-corrected chi connectivity index (χ2v) is 11.8. The Bertz CT molecular complexity index is 1400. The first-order chi connectivity index (χ1) is 17.2. The van der Waals surface area contributed by atoms with E-state index in [0.29, 0.717) is 29.6 Å². The number of carbonyl (C=O) groups excluding carboxylic acids is 1. The van der Waals surface area contributed by atoms with Gasteiger partial charge in [0.25, 0.3) is 10.0 Å². The van der Waals surface area contributed by atoms with Crippen molar-refractivity contribution in [3.63, 3.8) is 0 Å². The summed E-state index contributed by atoms with van der Waals surface area (Å²) in [4.78, 5) is 30.9. The molecule has 2 atom stereocenters. The van der Waals surface area contributed by atoms with Crippen LogP contribution in [0.25, 0.3) is 10.9 Å². The first-order valence-electron chi connectivity index (χ1n) is 12.3. The molecular weight excluding hydrogens is 480 g/mol. The monoisotopic (exact) mass is 510 g/mol. The number of hydrogen-bond donors (Lipinski definition) is 2. The lowest BCUT2D eigenvalue weighted by molar-refractivity contribution is -0.125. The number of nitrogens with zero attached hydrogens (tertiary/aromatic N) is 3. The molecule has 2 fully saturated rings. The van der Waals surface area contributed by atoms with Gasteiger partial charge in [-0.3, -0.25) is 14.7 Å². The highest BCUT2D eigenvalue weighted by Crippen LogP contribution is 2.46. The Hall–Kier alpha value is -3.40. The minimum atomic E-state index is -3.97. The Balaban J connectivity index is 1.47. The third-order valence-electron chi connectivity index (χ3n) is 7.64. The molecule has 1 aliphatic carbocycles. The number of nitrogens with one attached hydrogen (secondary N) is 1. The van der Waals surface area contributed by atoms with Crippen LogP contribution in [-0.2, 0) is 14.8 Å². The molecule has 2 amide bonds. The van der Waals surface area contributed by atoms with Crippen molar-refractivity contribution in [3.05, 3.63) is 60.6 Å². The Morgan fingerprint density at radius 3 is 2.56 bits per heavy atom. The van der Waals surface area contributed by atoms with Crippen molar-refractivity contribution in [2.75, 3.05) is 6.54 Å². The predicted octanol–water partition coefficient (Wildman–Crippen LogP) is 4.15. The Morgan fingerprint density at radius 2 is 1.86 bits per heavy atom. The SMILES string of the molecule is C[C@@H](NC(=O)C1CC2(CCCCC2)CN1C(=O)O)c1cc2cnccc2n1S(=O)(=O)c1ccccc1. The molecule has 3 aromatic rings. The predicted molar refractivity (Wildman–Crippen MR) is 134 cm³/mol. The summed E-state index contributed by atoms with van der Waals surface area (Å²) in [7, 11) is -3.97. The number of carbonyl (C=O) groups is 2. The van der Waals surface area contributed by atoms with E-state index in [2.05, 4.69) is 10.3 Å². The topological polar surface area (TPSA) is 122 Å². The first-order valence-corrected chi connectivity index (χ1v) is 13.7. The maximum absolute atomic E-state index is 13.7. The maximum atomic E-state index is 13.7. The van der Waals surface area contributed by atoms with Gasteiger partial charge in [-0.25, -0.2) is 17.2 Å². The second-order valence-electron chi connectivity index (χ2n) is 10.0. The summed E-state index contributed by atoms with van der Waals surface area (Å²) in [6.07, 6.45) is 7.58. The molecular formula is C26H30N4O5S. The number of rotatable bonds is 5. The van der Waals surface area contributed by atoms with E-state index < -0.39 is 34.1 Å². The van der Waals surface area contributed by atoms with Crippen LogP contribution < -0.4 is 5.32 Å². The highest BCUT2D eigenvalue weighted by Gasteiger charge is 2.49. The first kappa shape index (κ1) is 24.3. The van der Waals surface area contributed by atoms with Gasteiger partial charge in [-0.1, -0.05) is 37.5 Å². The number of hydrogen-bond acceptors (Lipinski definition) is 5. The van der Waals surface area contributed by atoms with Gasteiger partial charge in [0.05, 0.1) is 22.1 Å². The Morgan fingerprint density at radius 1 is 1.14 bits per heavy atom. The van der Waals surface area contributed by atoms with Crippen LogP contribution in [0.4, 0.5) is 4.79 Å². The molecule has 1 saturated carbocycles. The lowest BCUT2D eigenvalue weighted by Gasteiger charge is -2.32. The summed E-state index contributed by atoms with van der Waals surface area (Å²) in [5, 5.41) is 13.4. The van der Waals surface area contributed by atoms with Crippen molar-refractivity contribution in [2.45, 2.75) is 62.4 Å². The minimum absolute atomic E-state index is 0.131. The lowest BCUT2D eigenvalue weighted by atomic mass is 9.72. The van der Waals surface area contributed by atoms with E-state index in [1.165, 1.54) is 27.2 Å². The molecule has 9 nitrogen and oxygen atoms in total. The fraction of sp³-hybridized carbons (Fsp3) is 0.423. The van der Waals surface area contributed by atoms with Crippen molar-refractivity contribution in [2.24, 2.45) is 5.41 Å². The fourth-order valence-electron chi connectivity index (χ4n) is 5.86. The van der Waals surface area contributed by atoms with Gasteiger partial charge in [-0.05, 0) is 55.9 Å². The van der Waals surface area contributed by atoms with Gasteiger partial charge >= 0.3 is 6.09 Å². The third kappa shape index (κ3) is 4.23. The number of amides is 2. The molecule has 2 N–H and O–H groups in total. The number of carboxylic acid groups (broad SMARTS) is 1. The minimum Gasteiger partial charge on any atom is -0.465 e. The van der Waals surface area contributed by atoms with Crippen molar-refractivity contribution in [1.82, 2.24) is 19.2 Å². The quantitative estimate of drug-likeness (QED) is 0.532. The van der Waals surface area contributed by atoms with E-state index in [4.69, 9.17) is 0 Å². The zero-order valence-corrected chi connectivity index (χ0v) is 20.9. The third-order valence-corrected chi connectivity index (χ3v) is 9.40. The summed E-state index contributed by atoms with van der Waals surface area (Å²) < 4.78 is 28.6. The number of likely N-dealkylation sites (tertiary alicyclic amines) is 1. The van der Waals surface area contributed by atoms with E-state index in [0.717, 1.165) is 32.1 Å². The lowest BCUT2D eigenvalue weighted by Crippen LogP contribution is -2.46. The van der Waals surface area contributed by atoms with Crippen LogP contribution in [0.1, 0.15) is 57.2 Å². The average molecular weight is 511 g/mol. The van der Waals surface area contributed by atoms with Crippen LogP contribution in [0.5, 0.6) is 0 Å². The number of aromatic nitrogens is 2. The van der Waals surface area contributed by atoms with Gasteiger partial charge in [0, 0.05) is 24.3 Å². The summed E-state index contributed by atoms with van der Waals surface area (Å²) in [6.45, 7) is 2.08. The number of benzene rings is 1. The summed E-state index contributed by atoms with van der Waals surface area (Å²) in [5.74, 6) is -0.403. The highest BCUT2D eigenvalue weighted by atomic mass is 32.2. The number of pyridine rings is 1. The highest BCUT2D eigenvalue weighted by molar-refractivity contribution is 7.90.